The number of carboxylic acids is 1. The summed E-state index contributed by atoms with van der Waals surface area (Å²) in [6, 6.07) is 0. The quantitative estimate of drug-likeness (QED) is 0.869. The lowest BCUT2D eigenvalue weighted by molar-refractivity contribution is -0.150. The number of rotatable bonds is 3. The Labute approximate surface area is 115 Å². The Morgan fingerprint density at radius 2 is 2.25 bits per heavy atom. The Balaban J connectivity index is 1.98. The Kier molecular flexibility index (Phi) is 2.81. The molecule has 1 N–H and O–H groups in total. The third-order valence-corrected chi connectivity index (χ3v) is 4.25. The number of hydrogen-bond acceptors (Lipinski definition) is 6. The first-order valence-corrected chi connectivity index (χ1v) is 6.55. The molecule has 0 saturated carbocycles. The van der Waals surface area contributed by atoms with Gasteiger partial charge >= 0.3 is 5.97 Å². The number of aliphatic carboxylic acids is 1. The highest BCUT2D eigenvalue weighted by atomic mass is 16.4. The summed E-state index contributed by atoms with van der Waals surface area (Å²) in [5.74, 6) is 0.0501. The summed E-state index contributed by atoms with van der Waals surface area (Å²) in [5, 5.41) is 21.0. The third-order valence-electron chi connectivity index (χ3n) is 4.25. The molecule has 2 aromatic heterocycles. The van der Waals surface area contributed by atoms with Crippen molar-refractivity contribution in [1.29, 1.82) is 0 Å². The van der Waals surface area contributed by atoms with Gasteiger partial charge in [0.05, 0.1) is 17.8 Å². The smallest absolute Gasteiger partial charge is 0.311 e. The van der Waals surface area contributed by atoms with Crippen LogP contribution in [0.3, 0.4) is 0 Å². The molecule has 0 aromatic carbocycles. The zero-order chi connectivity index (χ0) is 14.3. The van der Waals surface area contributed by atoms with Crippen LogP contribution in [0.1, 0.15) is 20.3 Å². The van der Waals surface area contributed by atoms with Gasteiger partial charge < -0.3 is 10.0 Å². The number of aromatic nitrogens is 5. The maximum Gasteiger partial charge on any atom is 0.311 e. The van der Waals surface area contributed by atoms with Crippen molar-refractivity contribution < 1.29 is 9.90 Å². The maximum atomic E-state index is 11.7. The summed E-state index contributed by atoms with van der Waals surface area (Å²) in [6.07, 6.45) is 3.85. The Hall–Kier alpha value is -2.25. The molecule has 3 rings (SSSR count). The number of nitrogens with zero attached hydrogens (tertiary/aromatic N) is 6. The van der Waals surface area contributed by atoms with E-state index in [4.69, 9.17) is 0 Å². The fourth-order valence-electron chi connectivity index (χ4n) is 2.80. The fourth-order valence-corrected chi connectivity index (χ4v) is 2.80. The van der Waals surface area contributed by atoms with Crippen LogP contribution >= 0.6 is 0 Å². The van der Waals surface area contributed by atoms with Gasteiger partial charge in [-0.05, 0) is 22.8 Å². The molecule has 0 amide bonds. The van der Waals surface area contributed by atoms with Crippen molar-refractivity contribution in [3.8, 4) is 0 Å². The van der Waals surface area contributed by atoms with Crippen molar-refractivity contribution >= 4 is 17.4 Å². The molecule has 0 radical (unpaired) electrons. The van der Waals surface area contributed by atoms with E-state index in [0.717, 1.165) is 5.82 Å². The average Bonchev–Trinajstić information content (AvgIpc) is 3.05. The van der Waals surface area contributed by atoms with Crippen molar-refractivity contribution in [2.45, 2.75) is 20.3 Å². The number of anilines is 1. The van der Waals surface area contributed by atoms with Crippen LogP contribution in [0.4, 0.5) is 5.82 Å². The van der Waals surface area contributed by atoms with Crippen molar-refractivity contribution in [2.75, 3.05) is 18.0 Å². The van der Waals surface area contributed by atoms with Crippen molar-refractivity contribution in [2.24, 2.45) is 11.3 Å². The maximum absolute atomic E-state index is 11.7. The Bertz CT molecular complexity index is 654. The summed E-state index contributed by atoms with van der Waals surface area (Å²) in [4.78, 5) is 17.8. The largest absolute Gasteiger partial charge is 0.481 e. The van der Waals surface area contributed by atoms with E-state index in [0.29, 0.717) is 25.2 Å². The molecule has 0 spiro atoms. The lowest BCUT2D eigenvalue weighted by Crippen LogP contribution is -2.39. The highest BCUT2D eigenvalue weighted by Crippen LogP contribution is 2.39. The van der Waals surface area contributed by atoms with Crippen molar-refractivity contribution in [1.82, 2.24) is 25.0 Å². The van der Waals surface area contributed by atoms with Gasteiger partial charge in [-0.2, -0.15) is 4.52 Å². The zero-order valence-corrected chi connectivity index (χ0v) is 11.4. The Morgan fingerprint density at radius 3 is 2.90 bits per heavy atom. The highest BCUT2D eigenvalue weighted by Gasteiger charge is 2.47. The van der Waals surface area contributed by atoms with E-state index in [2.05, 4.69) is 20.5 Å². The fraction of sp³-hybridized carbons (Fsp3) is 0.583. The van der Waals surface area contributed by atoms with Crippen LogP contribution in [0, 0.1) is 11.3 Å². The van der Waals surface area contributed by atoms with Crippen LogP contribution in [0.2, 0.25) is 0 Å². The van der Waals surface area contributed by atoms with E-state index in [-0.39, 0.29) is 5.92 Å². The van der Waals surface area contributed by atoms with Crippen molar-refractivity contribution in [3.05, 3.63) is 12.4 Å². The minimum atomic E-state index is -0.744. The van der Waals surface area contributed by atoms with Crippen molar-refractivity contribution in [3.63, 3.8) is 0 Å². The Morgan fingerprint density at radius 1 is 1.45 bits per heavy atom. The first kappa shape index (κ1) is 12.8. The lowest BCUT2D eigenvalue weighted by atomic mass is 9.76. The van der Waals surface area contributed by atoms with E-state index in [1.54, 1.807) is 16.9 Å². The molecule has 1 unspecified atom stereocenters. The predicted octanol–water partition coefficient (Wildman–Crippen LogP) is 0.456. The van der Waals surface area contributed by atoms with Gasteiger partial charge in [-0.15, -0.1) is 5.10 Å². The molecule has 1 saturated heterocycles. The summed E-state index contributed by atoms with van der Waals surface area (Å²) < 4.78 is 1.59. The van der Waals surface area contributed by atoms with E-state index in [1.165, 1.54) is 0 Å². The zero-order valence-electron chi connectivity index (χ0n) is 11.4. The second-order valence-corrected chi connectivity index (χ2v) is 5.50. The van der Waals surface area contributed by atoms with Gasteiger partial charge in [0.1, 0.15) is 0 Å². The molecular weight excluding hydrogens is 260 g/mol. The van der Waals surface area contributed by atoms with Crippen LogP contribution in [0.15, 0.2) is 12.4 Å². The molecule has 1 aliphatic heterocycles. The lowest BCUT2D eigenvalue weighted by Gasteiger charge is -2.29. The first-order valence-electron chi connectivity index (χ1n) is 6.55. The van der Waals surface area contributed by atoms with Gasteiger partial charge in [-0.25, -0.2) is 0 Å². The molecule has 2 aromatic rings. The van der Waals surface area contributed by atoms with E-state index < -0.39 is 11.4 Å². The normalized spacial score (nSPS) is 22.9. The van der Waals surface area contributed by atoms with Gasteiger partial charge in [-0.3, -0.25) is 9.78 Å². The minimum Gasteiger partial charge on any atom is -0.481 e. The molecule has 0 aliphatic carbocycles. The van der Waals surface area contributed by atoms with Gasteiger partial charge in [-0.1, -0.05) is 13.8 Å². The summed E-state index contributed by atoms with van der Waals surface area (Å²) in [6.45, 7) is 5.01. The monoisotopic (exact) mass is 276 g/mol. The molecule has 3 heterocycles. The molecule has 8 nitrogen and oxygen atoms in total. The standard InChI is InChI=1S/C12H16N6O2/c1-8(2)12(11(19)20)3-4-17(7-12)10-6-13-5-9-14-15-16-18(9)10/h5-6,8H,3-4,7H2,1-2H3,(H,19,20). The number of hydrogen-bond donors (Lipinski definition) is 1. The van der Waals surface area contributed by atoms with E-state index in [1.807, 2.05) is 18.7 Å². The van der Waals surface area contributed by atoms with Gasteiger partial charge in [0.15, 0.2) is 11.5 Å². The molecular formula is C12H16N6O2. The predicted molar refractivity (Wildman–Crippen MR) is 70.3 cm³/mol. The van der Waals surface area contributed by atoms with Gasteiger partial charge in [0.25, 0.3) is 0 Å². The molecule has 20 heavy (non-hydrogen) atoms. The first-order chi connectivity index (χ1) is 9.54. The SMILES string of the molecule is CC(C)C1(C(=O)O)CCN(c2cncc3nnnn23)C1. The summed E-state index contributed by atoms with van der Waals surface area (Å²) >= 11 is 0. The summed E-state index contributed by atoms with van der Waals surface area (Å²) in [7, 11) is 0. The van der Waals surface area contributed by atoms with Crippen LogP contribution < -0.4 is 4.90 Å². The van der Waals surface area contributed by atoms with E-state index >= 15 is 0 Å². The number of carboxylic acid groups (broad SMARTS) is 1. The van der Waals surface area contributed by atoms with Crippen LogP contribution in [0.5, 0.6) is 0 Å². The molecule has 1 fully saturated rings. The highest BCUT2D eigenvalue weighted by molar-refractivity contribution is 5.77. The molecule has 8 heteroatoms. The number of fused-ring (bicyclic) bond motifs is 1. The third kappa shape index (κ3) is 1.71. The molecule has 1 aliphatic rings. The second kappa shape index (κ2) is 4.39. The minimum absolute atomic E-state index is 0.0611. The number of carbonyl (C=O) groups is 1. The topological polar surface area (TPSA) is 96.5 Å². The van der Waals surface area contributed by atoms with E-state index in [9.17, 15) is 9.90 Å². The second-order valence-electron chi connectivity index (χ2n) is 5.50. The van der Waals surface area contributed by atoms with Crippen LogP contribution in [-0.4, -0.2) is 49.2 Å². The van der Waals surface area contributed by atoms with Gasteiger partial charge in [0.2, 0.25) is 0 Å². The van der Waals surface area contributed by atoms with Gasteiger partial charge in [0, 0.05) is 13.1 Å². The van der Waals surface area contributed by atoms with Crippen LogP contribution in [0.25, 0.3) is 5.65 Å². The molecule has 1 atom stereocenters. The van der Waals surface area contributed by atoms with Crippen LogP contribution in [-0.2, 0) is 4.79 Å². The summed E-state index contributed by atoms with van der Waals surface area (Å²) in [5.41, 5.74) is -0.171. The molecule has 0 bridgehead atoms. The number of tetrazole rings is 1. The average molecular weight is 276 g/mol. The molecule has 106 valence electrons.